The highest BCUT2D eigenvalue weighted by atomic mass is 19.1. The molecule has 0 spiro atoms. The Morgan fingerprint density at radius 1 is 1.38 bits per heavy atom. The first-order chi connectivity index (χ1) is 9.75. The van der Waals surface area contributed by atoms with Crippen molar-refractivity contribution >= 4 is 11.9 Å². The van der Waals surface area contributed by atoms with Gasteiger partial charge in [0, 0.05) is 0 Å². The molecule has 2 rings (SSSR count). The summed E-state index contributed by atoms with van der Waals surface area (Å²) in [4.78, 5) is 25.3. The molecule has 0 aliphatic carbocycles. The Labute approximate surface area is 122 Å². The van der Waals surface area contributed by atoms with E-state index in [1.54, 1.807) is 13.0 Å². The molecule has 0 bridgehead atoms. The molecule has 2 unspecified atom stereocenters. The smallest absolute Gasteiger partial charge is 0.325 e. The molecular weight excluding hydrogens is 275 g/mol. The van der Waals surface area contributed by atoms with Crippen molar-refractivity contribution in [3.63, 3.8) is 0 Å². The number of halogens is 1. The van der Waals surface area contributed by atoms with Gasteiger partial charge in [0.2, 0.25) is 0 Å². The minimum Gasteiger partial charge on any atom is -0.387 e. The lowest BCUT2D eigenvalue weighted by molar-refractivity contribution is -0.133. The molecule has 6 heteroatoms. The third kappa shape index (κ3) is 2.76. The fourth-order valence-corrected chi connectivity index (χ4v) is 2.26. The molecule has 1 aromatic rings. The van der Waals surface area contributed by atoms with Crippen LogP contribution in [0.5, 0.6) is 0 Å². The van der Waals surface area contributed by atoms with Crippen molar-refractivity contribution in [3.8, 4) is 0 Å². The van der Waals surface area contributed by atoms with Crippen LogP contribution in [0.25, 0.3) is 0 Å². The van der Waals surface area contributed by atoms with Crippen molar-refractivity contribution in [2.24, 2.45) is 5.92 Å². The molecule has 2 N–H and O–H groups in total. The van der Waals surface area contributed by atoms with Crippen molar-refractivity contribution in [2.45, 2.75) is 32.4 Å². The molecule has 0 radical (unpaired) electrons. The van der Waals surface area contributed by atoms with E-state index in [9.17, 15) is 19.1 Å². The number of β-amino-alcohol motifs (C(OH)–C–C–N with tert-alkyl or cyclic N) is 1. The summed E-state index contributed by atoms with van der Waals surface area (Å²) in [7, 11) is 0. The Morgan fingerprint density at radius 2 is 2.05 bits per heavy atom. The van der Waals surface area contributed by atoms with Gasteiger partial charge in [-0.15, -0.1) is 0 Å². The molecule has 114 valence electrons. The van der Waals surface area contributed by atoms with Gasteiger partial charge in [0.05, 0.1) is 12.6 Å². The van der Waals surface area contributed by atoms with Gasteiger partial charge in [0.1, 0.15) is 11.4 Å². The maximum atomic E-state index is 13.2. The van der Waals surface area contributed by atoms with Gasteiger partial charge in [-0.25, -0.2) is 9.18 Å². The number of nitrogens with zero attached hydrogens (tertiary/aromatic N) is 1. The number of carbonyl (C=O) groups is 2. The van der Waals surface area contributed by atoms with E-state index in [4.69, 9.17) is 0 Å². The minimum absolute atomic E-state index is 0.0785. The van der Waals surface area contributed by atoms with Gasteiger partial charge in [0.15, 0.2) is 0 Å². The minimum atomic E-state index is -1.12. The first-order valence-electron chi connectivity index (χ1n) is 6.83. The second kappa shape index (κ2) is 5.44. The van der Waals surface area contributed by atoms with Crippen molar-refractivity contribution in [1.82, 2.24) is 10.2 Å². The fourth-order valence-electron chi connectivity index (χ4n) is 2.26. The Hall–Kier alpha value is -1.95. The number of hydrogen-bond donors (Lipinski definition) is 2. The molecule has 2 atom stereocenters. The molecule has 1 aliphatic rings. The molecule has 3 amide bonds. The number of imide groups is 1. The fraction of sp³-hybridized carbons (Fsp3) is 0.467. The van der Waals surface area contributed by atoms with E-state index in [1.165, 1.54) is 18.2 Å². The van der Waals surface area contributed by atoms with Crippen LogP contribution in [0, 0.1) is 11.7 Å². The first kappa shape index (κ1) is 15.4. The summed E-state index contributed by atoms with van der Waals surface area (Å²) in [6.45, 7) is 5.14. The van der Waals surface area contributed by atoms with Crippen molar-refractivity contribution < 1.29 is 19.1 Å². The van der Waals surface area contributed by atoms with Crippen LogP contribution in [-0.4, -0.2) is 34.0 Å². The summed E-state index contributed by atoms with van der Waals surface area (Å²) in [6.07, 6.45) is -1.12. The van der Waals surface area contributed by atoms with E-state index < -0.39 is 23.5 Å². The zero-order valence-corrected chi connectivity index (χ0v) is 12.3. The highest BCUT2D eigenvalue weighted by Gasteiger charge is 2.49. The van der Waals surface area contributed by atoms with Gasteiger partial charge < -0.3 is 10.4 Å². The summed E-state index contributed by atoms with van der Waals surface area (Å²) < 4.78 is 13.2. The van der Waals surface area contributed by atoms with Crippen molar-refractivity contribution in [3.05, 3.63) is 35.6 Å². The van der Waals surface area contributed by atoms with Crippen LogP contribution >= 0.6 is 0 Å². The highest BCUT2D eigenvalue weighted by molar-refractivity contribution is 6.07. The molecule has 5 nitrogen and oxygen atoms in total. The van der Waals surface area contributed by atoms with Crippen molar-refractivity contribution in [1.29, 1.82) is 0 Å². The van der Waals surface area contributed by atoms with E-state index in [2.05, 4.69) is 5.32 Å². The Morgan fingerprint density at radius 3 is 2.57 bits per heavy atom. The maximum Gasteiger partial charge on any atom is 0.325 e. The van der Waals surface area contributed by atoms with E-state index in [0.717, 1.165) is 4.90 Å². The lowest BCUT2D eigenvalue weighted by Crippen LogP contribution is -2.48. The van der Waals surface area contributed by atoms with E-state index in [0.29, 0.717) is 5.56 Å². The number of nitrogens with one attached hydrogen (secondary N) is 1. The molecule has 1 aliphatic heterocycles. The van der Waals surface area contributed by atoms with E-state index in [1.807, 2.05) is 13.8 Å². The normalized spacial score (nSPS) is 23.6. The molecule has 1 fully saturated rings. The van der Waals surface area contributed by atoms with Crippen LogP contribution in [0.15, 0.2) is 24.3 Å². The van der Waals surface area contributed by atoms with Gasteiger partial charge in [-0.2, -0.15) is 0 Å². The number of urea groups is 1. The molecule has 1 aromatic carbocycles. The van der Waals surface area contributed by atoms with E-state index >= 15 is 0 Å². The number of aliphatic hydroxyl groups excluding tert-OH is 1. The number of amides is 3. The lowest BCUT2D eigenvalue weighted by Gasteiger charge is -2.26. The predicted molar refractivity (Wildman–Crippen MR) is 74.8 cm³/mol. The summed E-state index contributed by atoms with van der Waals surface area (Å²) in [6, 6.07) is 4.93. The Balaban J connectivity index is 2.16. The lowest BCUT2D eigenvalue weighted by atomic mass is 9.88. The molecule has 21 heavy (non-hydrogen) atoms. The zero-order chi connectivity index (χ0) is 15.8. The van der Waals surface area contributed by atoms with Gasteiger partial charge in [-0.3, -0.25) is 9.69 Å². The monoisotopic (exact) mass is 294 g/mol. The molecular formula is C15H19FN2O3. The van der Waals surface area contributed by atoms with Gasteiger partial charge >= 0.3 is 6.03 Å². The third-order valence-electron chi connectivity index (χ3n) is 4.04. The zero-order valence-electron chi connectivity index (χ0n) is 12.3. The average molecular weight is 294 g/mol. The largest absolute Gasteiger partial charge is 0.387 e. The Bertz CT molecular complexity index is 576. The second-order valence-electron chi connectivity index (χ2n) is 5.77. The second-order valence-corrected chi connectivity index (χ2v) is 5.77. The first-order valence-corrected chi connectivity index (χ1v) is 6.83. The van der Waals surface area contributed by atoms with Crippen LogP contribution in [0.1, 0.15) is 32.4 Å². The van der Waals surface area contributed by atoms with Crippen LogP contribution in [0.2, 0.25) is 0 Å². The number of rotatable bonds is 4. The summed E-state index contributed by atoms with van der Waals surface area (Å²) in [5.74, 6) is -0.931. The molecule has 0 aromatic heterocycles. The topological polar surface area (TPSA) is 69.6 Å². The number of hydrogen-bond acceptors (Lipinski definition) is 3. The molecule has 0 saturated carbocycles. The highest BCUT2D eigenvalue weighted by Crippen LogP contribution is 2.27. The van der Waals surface area contributed by atoms with Crippen LogP contribution in [0.3, 0.4) is 0 Å². The van der Waals surface area contributed by atoms with Crippen LogP contribution in [-0.2, 0) is 4.79 Å². The standard InChI is InChI=1S/C15H19FN2O3/c1-9(2)15(3)13(20)18(14(21)17-15)8-12(19)10-5-4-6-11(16)7-10/h4-7,9,12,19H,8H2,1-3H3,(H,17,21). The quantitative estimate of drug-likeness (QED) is 0.832. The summed E-state index contributed by atoms with van der Waals surface area (Å²) in [5.41, 5.74) is -0.646. The van der Waals surface area contributed by atoms with Crippen LogP contribution in [0.4, 0.5) is 9.18 Å². The van der Waals surface area contributed by atoms with Crippen molar-refractivity contribution in [2.75, 3.05) is 6.54 Å². The van der Waals surface area contributed by atoms with Gasteiger partial charge in [0.25, 0.3) is 5.91 Å². The molecule has 1 heterocycles. The number of aliphatic hydroxyl groups is 1. The molecule has 1 saturated heterocycles. The summed E-state index contributed by atoms with van der Waals surface area (Å²) >= 11 is 0. The van der Waals surface area contributed by atoms with Crippen LogP contribution < -0.4 is 5.32 Å². The third-order valence-corrected chi connectivity index (χ3v) is 4.04. The Kier molecular flexibility index (Phi) is 4.00. The van der Waals surface area contributed by atoms with Gasteiger partial charge in [-0.05, 0) is 30.5 Å². The SMILES string of the molecule is CC(C)C1(C)NC(=O)N(CC(O)c2cccc(F)c2)C1=O. The van der Waals surface area contributed by atoms with Gasteiger partial charge in [-0.1, -0.05) is 26.0 Å². The summed E-state index contributed by atoms with van der Waals surface area (Å²) in [5, 5.41) is 12.8. The maximum absolute atomic E-state index is 13.2. The number of benzene rings is 1. The predicted octanol–water partition coefficient (Wildman–Crippen LogP) is 1.83. The average Bonchev–Trinajstić information content (AvgIpc) is 2.63. The van der Waals surface area contributed by atoms with E-state index in [-0.39, 0.29) is 18.4 Å². The number of carbonyl (C=O) groups excluding carboxylic acids is 2.